The second kappa shape index (κ2) is 4.11. The highest BCUT2D eigenvalue weighted by molar-refractivity contribution is 7.13. The van der Waals surface area contributed by atoms with Crippen molar-refractivity contribution in [1.29, 1.82) is 0 Å². The molecule has 0 aliphatic heterocycles. The fraction of sp³-hybridized carbons (Fsp3) is 0. The second-order valence-electron chi connectivity index (χ2n) is 3.17. The molecular formula is C10H9ClN4S. The SMILES string of the molecule is Cl.Nc1nc(-c2nc3ccccc3[nH]2)cs1. The van der Waals surface area contributed by atoms with E-state index in [1.165, 1.54) is 11.3 Å². The number of nitrogens with one attached hydrogen (secondary N) is 1. The number of nitrogen functional groups attached to an aromatic ring is 1. The Morgan fingerprint density at radius 2 is 2.00 bits per heavy atom. The van der Waals surface area contributed by atoms with E-state index in [1.807, 2.05) is 29.6 Å². The molecule has 4 nitrogen and oxygen atoms in total. The summed E-state index contributed by atoms with van der Waals surface area (Å²) in [5.41, 5.74) is 8.33. The standard InChI is InChI=1S/C10H8N4S.ClH/c11-10-14-8(5-15-10)9-12-6-3-1-2-4-7(6)13-9;/h1-5H,(H2,11,14)(H,12,13);1H. The molecule has 82 valence electrons. The normalized spacial score (nSPS) is 10.2. The second-order valence-corrected chi connectivity index (χ2v) is 4.06. The number of rotatable bonds is 1. The lowest BCUT2D eigenvalue weighted by atomic mass is 10.3. The van der Waals surface area contributed by atoms with Gasteiger partial charge in [-0.05, 0) is 12.1 Å². The van der Waals surface area contributed by atoms with Crippen LogP contribution in [0.1, 0.15) is 0 Å². The molecule has 3 aromatic rings. The maximum atomic E-state index is 5.58. The Hall–Kier alpha value is -1.59. The number of fused-ring (bicyclic) bond motifs is 1. The van der Waals surface area contributed by atoms with E-state index < -0.39 is 0 Å². The molecule has 2 heterocycles. The zero-order valence-corrected chi connectivity index (χ0v) is 9.81. The number of halogens is 1. The molecule has 0 spiro atoms. The van der Waals surface area contributed by atoms with E-state index in [2.05, 4.69) is 15.0 Å². The number of aromatic amines is 1. The topological polar surface area (TPSA) is 67.6 Å². The number of benzene rings is 1. The van der Waals surface area contributed by atoms with E-state index in [9.17, 15) is 0 Å². The maximum absolute atomic E-state index is 5.58. The van der Waals surface area contributed by atoms with Crippen molar-refractivity contribution in [1.82, 2.24) is 15.0 Å². The third-order valence-corrected chi connectivity index (χ3v) is 2.83. The van der Waals surface area contributed by atoms with E-state index in [0.29, 0.717) is 5.13 Å². The lowest BCUT2D eigenvalue weighted by Crippen LogP contribution is -1.83. The summed E-state index contributed by atoms with van der Waals surface area (Å²) in [7, 11) is 0. The maximum Gasteiger partial charge on any atom is 0.180 e. The molecule has 1 aromatic carbocycles. The van der Waals surface area contributed by atoms with Gasteiger partial charge in [0.15, 0.2) is 11.0 Å². The Morgan fingerprint density at radius 1 is 1.19 bits per heavy atom. The fourth-order valence-corrected chi connectivity index (χ4v) is 2.02. The van der Waals surface area contributed by atoms with Crippen LogP contribution in [0.15, 0.2) is 29.6 Å². The Labute approximate surface area is 102 Å². The number of para-hydroxylation sites is 2. The van der Waals surface area contributed by atoms with Gasteiger partial charge in [-0.2, -0.15) is 0 Å². The van der Waals surface area contributed by atoms with Gasteiger partial charge in [-0.15, -0.1) is 23.7 Å². The number of nitrogens with two attached hydrogens (primary N) is 1. The van der Waals surface area contributed by atoms with Crippen molar-refractivity contribution in [3.63, 3.8) is 0 Å². The minimum Gasteiger partial charge on any atom is -0.375 e. The molecule has 16 heavy (non-hydrogen) atoms. The number of aromatic nitrogens is 3. The van der Waals surface area contributed by atoms with Gasteiger partial charge in [0.25, 0.3) is 0 Å². The summed E-state index contributed by atoms with van der Waals surface area (Å²) in [6, 6.07) is 7.88. The molecule has 2 aromatic heterocycles. The van der Waals surface area contributed by atoms with Gasteiger partial charge in [-0.3, -0.25) is 0 Å². The molecule has 3 N–H and O–H groups in total. The van der Waals surface area contributed by atoms with Crippen molar-refractivity contribution in [2.24, 2.45) is 0 Å². The predicted molar refractivity (Wildman–Crippen MR) is 68.9 cm³/mol. The van der Waals surface area contributed by atoms with Gasteiger partial charge in [0.2, 0.25) is 0 Å². The number of nitrogens with zero attached hydrogens (tertiary/aromatic N) is 2. The summed E-state index contributed by atoms with van der Waals surface area (Å²) in [6.07, 6.45) is 0. The smallest absolute Gasteiger partial charge is 0.180 e. The van der Waals surface area contributed by atoms with Crippen LogP contribution >= 0.6 is 23.7 Å². The van der Waals surface area contributed by atoms with E-state index >= 15 is 0 Å². The zero-order valence-electron chi connectivity index (χ0n) is 8.18. The molecule has 0 bridgehead atoms. The van der Waals surface area contributed by atoms with E-state index in [-0.39, 0.29) is 12.4 Å². The number of imidazole rings is 1. The third kappa shape index (κ3) is 1.75. The Kier molecular flexibility index (Phi) is 2.80. The van der Waals surface area contributed by atoms with Crippen molar-refractivity contribution < 1.29 is 0 Å². The molecule has 0 unspecified atom stereocenters. The van der Waals surface area contributed by atoms with E-state index in [4.69, 9.17) is 5.73 Å². The molecule has 3 rings (SSSR count). The van der Waals surface area contributed by atoms with Gasteiger partial charge in [0.05, 0.1) is 11.0 Å². The first-order valence-corrected chi connectivity index (χ1v) is 5.37. The highest BCUT2D eigenvalue weighted by Gasteiger charge is 2.07. The lowest BCUT2D eigenvalue weighted by molar-refractivity contribution is 1.28. The largest absolute Gasteiger partial charge is 0.375 e. The zero-order chi connectivity index (χ0) is 10.3. The molecule has 0 atom stereocenters. The third-order valence-electron chi connectivity index (χ3n) is 2.15. The number of hydrogen-bond donors (Lipinski definition) is 2. The number of anilines is 1. The van der Waals surface area contributed by atoms with Gasteiger partial charge < -0.3 is 10.7 Å². The van der Waals surface area contributed by atoms with E-state index in [1.54, 1.807) is 0 Å². The number of hydrogen-bond acceptors (Lipinski definition) is 4. The Morgan fingerprint density at radius 3 is 2.69 bits per heavy atom. The highest BCUT2D eigenvalue weighted by atomic mass is 35.5. The van der Waals surface area contributed by atoms with Crippen LogP contribution in [0.2, 0.25) is 0 Å². The van der Waals surface area contributed by atoms with Crippen LogP contribution in [-0.4, -0.2) is 15.0 Å². The summed E-state index contributed by atoms with van der Waals surface area (Å²) in [6.45, 7) is 0. The molecular weight excluding hydrogens is 244 g/mol. The number of H-pyrrole nitrogens is 1. The van der Waals surface area contributed by atoms with Crippen LogP contribution in [0, 0.1) is 0 Å². The molecule has 0 saturated heterocycles. The van der Waals surface area contributed by atoms with Crippen LogP contribution in [0.3, 0.4) is 0 Å². The average Bonchev–Trinajstić information content (AvgIpc) is 2.82. The average molecular weight is 253 g/mol. The first kappa shape index (κ1) is 10.9. The van der Waals surface area contributed by atoms with Crippen molar-refractivity contribution in [2.75, 3.05) is 5.73 Å². The van der Waals surface area contributed by atoms with Gasteiger partial charge in [-0.25, -0.2) is 9.97 Å². The van der Waals surface area contributed by atoms with E-state index in [0.717, 1.165) is 22.6 Å². The molecule has 0 saturated carbocycles. The van der Waals surface area contributed by atoms with Crippen LogP contribution in [0.5, 0.6) is 0 Å². The molecule has 0 radical (unpaired) electrons. The molecule has 0 aliphatic carbocycles. The van der Waals surface area contributed by atoms with Gasteiger partial charge >= 0.3 is 0 Å². The minimum absolute atomic E-state index is 0. The summed E-state index contributed by atoms with van der Waals surface area (Å²) in [4.78, 5) is 11.8. The minimum atomic E-state index is 0. The quantitative estimate of drug-likeness (QED) is 0.700. The molecule has 0 fully saturated rings. The van der Waals surface area contributed by atoms with Crippen molar-refractivity contribution >= 4 is 39.9 Å². The Bertz CT molecular complexity index is 583. The first-order chi connectivity index (χ1) is 7.33. The summed E-state index contributed by atoms with van der Waals surface area (Å²) < 4.78 is 0. The summed E-state index contributed by atoms with van der Waals surface area (Å²) in [5, 5.41) is 2.46. The van der Waals surface area contributed by atoms with Crippen molar-refractivity contribution in [3.8, 4) is 11.5 Å². The van der Waals surface area contributed by atoms with Gasteiger partial charge in [-0.1, -0.05) is 12.1 Å². The lowest BCUT2D eigenvalue weighted by Gasteiger charge is -1.85. The monoisotopic (exact) mass is 252 g/mol. The molecule has 6 heteroatoms. The first-order valence-electron chi connectivity index (χ1n) is 4.49. The number of thiazole rings is 1. The van der Waals surface area contributed by atoms with Crippen LogP contribution in [0.4, 0.5) is 5.13 Å². The van der Waals surface area contributed by atoms with Gasteiger partial charge in [0.1, 0.15) is 5.69 Å². The molecule has 0 amide bonds. The van der Waals surface area contributed by atoms with Crippen molar-refractivity contribution in [3.05, 3.63) is 29.6 Å². The highest BCUT2D eigenvalue weighted by Crippen LogP contribution is 2.22. The summed E-state index contributed by atoms with van der Waals surface area (Å²) in [5.74, 6) is 0.768. The van der Waals surface area contributed by atoms with Crippen LogP contribution < -0.4 is 5.73 Å². The summed E-state index contributed by atoms with van der Waals surface area (Å²) >= 11 is 1.42. The Balaban J connectivity index is 0.000000963. The predicted octanol–water partition coefficient (Wildman–Crippen LogP) is 2.69. The molecule has 0 aliphatic rings. The van der Waals surface area contributed by atoms with Crippen LogP contribution in [-0.2, 0) is 0 Å². The van der Waals surface area contributed by atoms with Crippen molar-refractivity contribution in [2.45, 2.75) is 0 Å². The van der Waals surface area contributed by atoms with Crippen LogP contribution in [0.25, 0.3) is 22.6 Å². The van der Waals surface area contributed by atoms with Gasteiger partial charge in [0, 0.05) is 5.38 Å². The fourth-order valence-electron chi connectivity index (χ4n) is 1.47.